The van der Waals surface area contributed by atoms with E-state index in [1.165, 1.54) is 38.3 Å². The minimum absolute atomic E-state index is 0.00583. The third kappa shape index (κ3) is 4.89. The maximum absolute atomic E-state index is 12.5. The Labute approximate surface area is 196 Å². The van der Waals surface area contributed by atoms with Crippen molar-refractivity contribution in [3.63, 3.8) is 0 Å². The summed E-state index contributed by atoms with van der Waals surface area (Å²) < 4.78 is 10.1. The Morgan fingerprint density at radius 2 is 1.70 bits per heavy atom. The van der Waals surface area contributed by atoms with Gasteiger partial charge in [-0.15, -0.1) is 0 Å². The Balaban J connectivity index is 1.66. The number of amides is 3. The summed E-state index contributed by atoms with van der Waals surface area (Å²) in [4.78, 5) is 60.6. The monoisotopic (exact) mass is 495 g/mol. The van der Waals surface area contributed by atoms with Crippen LogP contribution in [0.25, 0.3) is 0 Å². The normalized spacial score (nSPS) is 13.4. The molecule has 0 aliphatic carbocycles. The maximum atomic E-state index is 12.5. The van der Waals surface area contributed by atoms with Crippen LogP contribution in [0, 0.1) is 10.1 Å². The minimum atomic E-state index is -1.36. The predicted molar refractivity (Wildman–Crippen MR) is 116 cm³/mol. The number of carbonyl (C=O) groups is 4. The molecule has 33 heavy (non-hydrogen) atoms. The first-order valence-electron chi connectivity index (χ1n) is 9.21. The van der Waals surface area contributed by atoms with E-state index in [1.807, 2.05) is 0 Å². The highest BCUT2D eigenvalue weighted by Crippen LogP contribution is 2.32. The SMILES string of the molecule is COc1ccc([N+](=O)[O-])cc1NC(=O)C(C)OC(=O)CN1C(=O)c2cc(Cl)c(Cl)cc2C1=O. The molecule has 0 aromatic heterocycles. The number of methoxy groups -OCH3 is 1. The number of esters is 1. The van der Waals surface area contributed by atoms with Crippen molar-refractivity contribution in [2.75, 3.05) is 19.0 Å². The largest absolute Gasteiger partial charge is 0.495 e. The second-order valence-corrected chi connectivity index (χ2v) is 7.59. The summed E-state index contributed by atoms with van der Waals surface area (Å²) in [6, 6.07) is 6.03. The number of nitro groups is 1. The fourth-order valence-corrected chi connectivity index (χ4v) is 3.31. The Kier molecular flexibility index (Phi) is 6.84. The standard InChI is InChI=1S/C20H15Cl2N3O8/c1-9(18(27)23-15-5-10(25(30)31)3-4-16(15)32-2)33-17(26)8-24-19(28)11-6-13(21)14(22)7-12(11)20(24)29/h3-7,9H,8H2,1-2H3,(H,23,27). The van der Waals surface area contributed by atoms with Crippen LogP contribution in [-0.2, 0) is 14.3 Å². The van der Waals surface area contributed by atoms with E-state index in [4.69, 9.17) is 32.7 Å². The van der Waals surface area contributed by atoms with Crippen LogP contribution in [0.1, 0.15) is 27.6 Å². The molecule has 13 heteroatoms. The van der Waals surface area contributed by atoms with Crippen molar-refractivity contribution >= 4 is 58.3 Å². The fraction of sp³-hybridized carbons (Fsp3) is 0.200. The molecular weight excluding hydrogens is 481 g/mol. The molecule has 0 saturated heterocycles. The number of nitro benzene ring substituents is 1. The lowest BCUT2D eigenvalue weighted by Crippen LogP contribution is -2.38. The number of fused-ring (bicyclic) bond motifs is 1. The van der Waals surface area contributed by atoms with Gasteiger partial charge in [-0.3, -0.25) is 34.2 Å². The van der Waals surface area contributed by atoms with E-state index in [0.717, 1.165) is 6.07 Å². The number of nitrogens with zero attached hydrogens (tertiary/aromatic N) is 2. The number of hydrogen-bond donors (Lipinski definition) is 1. The number of ether oxygens (including phenoxy) is 2. The highest BCUT2D eigenvalue weighted by Gasteiger charge is 2.38. The summed E-state index contributed by atoms with van der Waals surface area (Å²) >= 11 is 11.8. The van der Waals surface area contributed by atoms with Gasteiger partial charge in [-0.1, -0.05) is 23.2 Å². The summed E-state index contributed by atoms with van der Waals surface area (Å²) in [5.74, 6) is -3.22. The molecule has 1 heterocycles. The third-order valence-corrected chi connectivity index (χ3v) is 5.35. The molecule has 0 bridgehead atoms. The number of rotatable bonds is 7. The first kappa shape index (κ1) is 24.0. The van der Waals surface area contributed by atoms with E-state index in [1.54, 1.807) is 0 Å². The fourth-order valence-electron chi connectivity index (χ4n) is 2.99. The summed E-state index contributed by atoms with van der Waals surface area (Å²) in [5, 5.41) is 13.5. The van der Waals surface area contributed by atoms with E-state index in [0.29, 0.717) is 4.90 Å². The van der Waals surface area contributed by atoms with Gasteiger partial charge >= 0.3 is 5.97 Å². The topological polar surface area (TPSA) is 145 Å². The van der Waals surface area contributed by atoms with Gasteiger partial charge in [0.25, 0.3) is 23.4 Å². The first-order valence-corrected chi connectivity index (χ1v) is 9.97. The minimum Gasteiger partial charge on any atom is -0.495 e. The molecule has 1 aliphatic rings. The molecule has 0 spiro atoms. The average Bonchev–Trinajstić information content (AvgIpc) is 2.98. The number of imide groups is 1. The Morgan fingerprint density at radius 3 is 2.21 bits per heavy atom. The van der Waals surface area contributed by atoms with Gasteiger partial charge in [-0.2, -0.15) is 0 Å². The molecule has 3 amide bonds. The number of halogens is 2. The molecule has 1 aliphatic heterocycles. The number of hydrogen-bond acceptors (Lipinski definition) is 8. The van der Waals surface area contributed by atoms with Gasteiger partial charge < -0.3 is 14.8 Å². The lowest BCUT2D eigenvalue weighted by Gasteiger charge is -2.17. The van der Waals surface area contributed by atoms with Crippen LogP contribution in [-0.4, -0.2) is 53.3 Å². The summed E-state index contributed by atoms with van der Waals surface area (Å²) in [7, 11) is 1.31. The van der Waals surface area contributed by atoms with Crippen LogP contribution in [0.4, 0.5) is 11.4 Å². The number of nitrogens with one attached hydrogen (secondary N) is 1. The van der Waals surface area contributed by atoms with Crippen LogP contribution in [0.5, 0.6) is 5.75 Å². The second-order valence-electron chi connectivity index (χ2n) is 6.77. The second kappa shape index (κ2) is 9.43. The third-order valence-electron chi connectivity index (χ3n) is 4.63. The molecule has 2 aromatic carbocycles. The van der Waals surface area contributed by atoms with E-state index >= 15 is 0 Å². The predicted octanol–water partition coefficient (Wildman–Crippen LogP) is 3.08. The van der Waals surface area contributed by atoms with Gasteiger partial charge in [-0.05, 0) is 25.1 Å². The number of carbonyl (C=O) groups excluding carboxylic acids is 4. The van der Waals surface area contributed by atoms with Crippen molar-refractivity contribution in [1.82, 2.24) is 4.90 Å². The van der Waals surface area contributed by atoms with Gasteiger partial charge in [0.15, 0.2) is 6.10 Å². The zero-order chi connectivity index (χ0) is 24.4. The van der Waals surface area contributed by atoms with Crippen molar-refractivity contribution in [1.29, 1.82) is 0 Å². The molecular formula is C20H15Cl2N3O8. The average molecular weight is 496 g/mol. The van der Waals surface area contributed by atoms with Gasteiger partial charge in [0.05, 0.1) is 38.9 Å². The summed E-state index contributed by atoms with van der Waals surface area (Å²) in [5.41, 5.74) is -0.313. The highest BCUT2D eigenvalue weighted by molar-refractivity contribution is 6.43. The highest BCUT2D eigenvalue weighted by atomic mass is 35.5. The van der Waals surface area contributed by atoms with Crippen molar-refractivity contribution in [3.05, 3.63) is 61.6 Å². The van der Waals surface area contributed by atoms with E-state index in [2.05, 4.69) is 5.32 Å². The first-order chi connectivity index (χ1) is 15.5. The number of anilines is 1. The van der Waals surface area contributed by atoms with Crippen molar-refractivity contribution in [2.24, 2.45) is 0 Å². The van der Waals surface area contributed by atoms with Crippen LogP contribution >= 0.6 is 23.2 Å². The molecule has 1 unspecified atom stereocenters. The van der Waals surface area contributed by atoms with Gasteiger partial charge in [-0.25, -0.2) is 0 Å². The molecule has 1 N–H and O–H groups in total. The summed E-state index contributed by atoms with van der Waals surface area (Å²) in [6.45, 7) is 0.498. The van der Waals surface area contributed by atoms with Crippen molar-refractivity contribution in [2.45, 2.75) is 13.0 Å². The maximum Gasteiger partial charge on any atom is 0.326 e. The lowest BCUT2D eigenvalue weighted by atomic mass is 10.1. The Hall–Kier alpha value is -3.70. The van der Waals surface area contributed by atoms with Crippen LogP contribution in [0.3, 0.4) is 0 Å². The Bertz CT molecular complexity index is 1160. The van der Waals surface area contributed by atoms with Crippen LogP contribution < -0.4 is 10.1 Å². The molecule has 3 rings (SSSR count). The smallest absolute Gasteiger partial charge is 0.326 e. The van der Waals surface area contributed by atoms with E-state index in [-0.39, 0.29) is 38.3 Å². The van der Waals surface area contributed by atoms with Gasteiger partial charge in [0.1, 0.15) is 12.3 Å². The van der Waals surface area contributed by atoms with Crippen LogP contribution in [0.15, 0.2) is 30.3 Å². The molecule has 172 valence electrons. The molecule has 2 aromatic rings. The van der Waals surface area contributed by atoms with Gasteiger partial charge in [0, 0.05) is 12.1 Å². The van der Waals surface area contributed by atoms with Gasteiger partial charge in [0.2, 0.25) is 0 Å². The van der Waals surface area contributed by atoms with Crippen molar-refractivity contribution < 1.29 is 33.6 Å². The Morgan fingerprint density at radius 1 is 1.12 bits per heavy atom. The zero-order valence-electron chi connectivity index (χ0n) is 17.1. The van der Waals surface area contributed by atoms with E-state index < -0.39 is 41.3 Å². The molecule has 1 atom stereocenters. The quantitative estimate of drug-likeness (QED) is 0.267. The zero-order valence-corrected chi connectivity index (χ0v) is 18.6. The molecule has 0 saturated carbocycles. The number of benzene rings is 2. The van der Waals surface area contributed by atoms with E-state index in [9.17, 15) is 29.3 Å². The summed E-state index contributed by atoms with van der Waals surface area (Å²) in [6.07, 6.45) is -1.36. The molecule has 11 nitrogen and oxygen atoms in total. The molecule has 0 fully saturated rings. The lowest BCUT2D eigenvalue weighted by molar-refractivity contribution is -0.384. The number of non-ortho nitro benzene ring substituents is 1. The van der Waals surface area contributed by atoms with Crippen LogP contribution in [0.2, 0.25) is 10.0 Å². The molecule has 0 radical (unpaired) electrons. The van der Waals surface area contributed by atoms with Crippen molar-refractivity contribution in [3.8, 4) is 5.75 Å².